The van der Waals surface area contributed by atoms with Crippen LogP contribution in [-0.2, 0) is 14.3 Å². The summed E-state index contributed by atoms with van der Waals surface area (Å²) in [5.41, 5.74) is 1.92. The van der Waals surface area contributed by atoms with Gasteiger partial charge in [-0.2, -0.15) is 0 Å². The second-order valence-electron chi connectivity index (χ2n) is 6.62. The molecule has 3 rings (SSSR count). The van der Waals surface area contributed by atoms with Gasteiger partial charge in [0.2, 0.25) is 0 Å². The molecule has 6 heteroatoms. The van der Waals surface area contributed by atoms with Crippen LogP contribution in [0.2, 0.25) is 0 Å². The topological polar surface area (TPSA) is 67.9 Å². The molecule has 1 saturated heterocycles. The Morgan fingerprint density at radius 3 is 2.40 bits per heavy atom. The van der Waals surface area contributed by atoms with Crippen LogP contribution in [-0.4, -0.2) is 48.6 Å². The number of rotatable bonds is 3. The van der Waals surface area contributed by atoms with E-state index in [-0.39, 0.29) is 24.0 Å². The highest BCUT2D eigenvalue weighted by Crippen LogP contribution is 2.18. The second kappa shape index (κ2) is 7.70. The molecule has 0 spiro atoms. The van der Waals surface area contributed by atoms with Gasteiger partial charge in [-0.1, -0.05) is 0 Å². The largest absolute Gasteiger partial charge is 0.501 e. The van der Waals surface area contributed by atoms with E-state index in [0.717, 1.165) is 12.8 Å². The van der Waals surface area contributed by atoms with E-state index in [1.54, 1.807) is 24.3 Å². The summed E-state index contributed by atoms with van der Waals surface area (Å²) in [4.78, 5) is 26.6. The fourth-order valence-electron chi connectivity index (χ4n) is 3.17. The fraction of sp³-hybridized carbons (Fsp3) is 0.474. The molecule has 0 saturated carbocycles. The van der Waals surface area contributed by atoms with Gasteiger partial charge in [-0.3, -0.25) is 9.59 Å². The van der Waals surface area contributed by atoms with Crippen LogP contribution in [0, 0.1) is 0 Å². The monoisotopic (exact) mass is 344 g/mol. The van der Waals surface area contributed by atoms with Gasteiger partial charge in [0, 0.05) is 24.3 Å². The lowest BCUT2D eigenvalue weighted by atomic mass is 10.1. The molecule has 6 nitrogen and oxygen atoms in total. The highest BCUT2D eigenvalue weighted by molar-refractivity contribution is 6.04. The summed E-state index contributed by atoms with van der Waals surface area (Å²) in [6.45, 7) is 5.79. The number of nitrogens with zero attached hydrogens (tertiary/aromatic N) is 1. The number of amides is 2. The number of hydrogen-bond acceptors (Lipinski definition) is 4. The van der Waals surface area contributed by atoms with E-state index in [0.29, 0.717) is 36.5 Å². The Labute approximate surface area is 147 Å². The molecular formula is C19H24N2O4. The first-order valence-corrected chi connectivity index (χ1v) is 8.69. The van der Waals surface area contributed by atoms with E-state index in [1.165, 1.54) is 6.26 Å². The molecule has 0 bridgehead atoms. The summed E-state index contributed by atoms with van der Waals surface area (Å²) in [7, 11) is 0. The molecule has 134 valence electrons. The van der Waals surface area contributed by atoms with Crippen molar-refractivity contribution in [2.45, 2.75) is 38.9 Å². The number of carbonyl (C=O) groups is 2. The van der Waals surface area contributed by atoms with Crippen molar-refractivity contribution in [2.24, 2.45) is 0 Å². The molecule has 2 heterocycles. The van der Waals surface area contributed by atoms with Crippen LogP contribution < -0.4 is 5.32 Å². The third-order valence-electron chi connectivity index (χ3n) is 4.32. The molecule has 1 N–H and O–H groups in total. The van der Waals surface area contributed by atoms with Gasteiger partial charge in [0.05, 0.1) is 30.6 Å². The Morgan fingerprint density at radius 1 is 1.12 bits per heavy atom. The molecule has 2 aliphatic heterocycles. The molecule has 2 aliphatic rings. The quantitative estimate of drug-likeness (QED) is 0.915. The first kappa shape index (κ1) is 17.5. The molecule has 0 aliphatic carbocycles. The van der Waals surface area contributed by atoms with Crippen LogP contribution in [0.5, 0.6) is 0 Å². The fourth-order valence-corrected chi connectivity index (χ4v) is 3.17. The van der Waals surface area contributed by atoms with Crippen LogP contribution in [0.25, 0.3) is 0 Å². The smallest absolute Gasteiger partial charge is 0.254 e. The van der Waals surface area contributed by atoms with Crippen molar-refractivity contribution >= 4 is 17.5 Å². The summed E-state index contributed by atoms with van der Waals surface area (Å²) >= 11 is 0. The minimum Gasteiger partial charge on any atom is -0.501 e. The van der Waals surface area contributed by atoms with E-state index < -0.39 is 0 Å². The van der Waals surface area contributed by atoms with Crippen molar-refractivity contribution in [1.29, 1.82) is 0 Å². The van der Waals surface area contributed by atoms with Gasteiger partial charge in [-0.05, 0) is 51.0 Å². The molecule has 0 unspecified atom stereocenters. The number of hydrogen-bond donors (Lipinski definition) is 1. The van der Waals surface area contributed by atoms with Crippen molar-refractivity contribution in [3.63, 3.8) is 0 Å². The van der Waals surface area contributed by atoms with Gasteiger partial charge >= 0.3 is 0 Å². The summed E-state index contributed by atoms with van der Waals surface area (Å²) in [6, 6.07) is 6.99. The Morgan fingerprint density at radius 2 is 1.80 bits per heavy atom. The zero-order valence-electron chi connectivity index (χ0n) is 14.7. The van der Waals surface area contributed by atoms with Crippen LogP contribution in [0.15, 0.2) is 36.1 Å². The second-order valence-corrected chi connectivity index (χ2v) is 6.62. The molecule has 1 fully saturated rings. The number of benzene rings is 1. The number of anilines is 1. The van der Waals surface area contributed by atoms with Gasteiger partial charge in [-0.15, -0.1) is 0 Å². The molecule has 25 heavy (non-hydrogen) atoms. The van der Waals surface area contributed by atoms with E-state index in [4.69, 9.17) is 9.47 Å². The van der Waals surface area contributed by atoms with Crippen molar-refractivity contribution < 1.29 is 19.1 Å². The first-order chi connectivity index (χ1) is 12.0. The lowest BCUT2D eigenvalue weighted by Gasteiger charge is -2.35. The van der Waals surface area contributed by atoms with E-state index in [2.05, 4.69) is 5.32 Å². The van der Waals surface area contributed by atoms with E-state index >= 15 is 0 Å². The molecule has 1 aromatic carbocycles. The minimum absolute atomic E-state index is 0.0109. The average Bonchev–Trinajstić information content (AvgIpc) is 2.61. The number of nitrogens with one attached hydrogen (secondary N) is 1. The van der Waals surface area contributed by atoms with Crippen LogP contribution in [0.1, 0.15) is 37.0 Å². The van der Waals surface area contributed by atoms with Gasteiger partial charge in [0.15, 0.2) is 0 Å². The normalized spacial score (nSPS) is 23.4. The van der Waals surface area contributed by atoms with Gasteiger partial charge in [0.25, 0.3) is 11.8 Å². The SMILES string of the molecule is C[C@H]1CN(C(=O)c2ccc(NC(=O)C3=COCCC3)cc2)C[C@H](C)O1. The Hall–Kier alpha value is -2.34. The predicted octanol–water partition coefficient (Wildman–Crippen LogP) is 2.57. The highest BCUT2D eigenvalue weighted by atomic mass is 16.5. The maximum Gasteiger partial charge on any atom is 0.254 e. The maximum atomic E-state index is 12.6. The Kier molecular flexibility index (Phi) is 5.38. The van der Waals surface area contributed by atoms with Crippen molar-refractivity contribution in [3.8, 4) is 0 Å². The molecule has 2 atom stereocenters. The van der Waals surface area contributed by atoms with Crippen molar-refractivity contribution in [3.05, 3.63) is 41.7 Å². The number of morpholine rings is 1. The van der Waals surface area contributed by atoms with Gasteiger partial charge in [0.1, 0.15) is 0 Å². The van der Waals surface area contributed by atoms with Crippen LogP contribution in [0.4, 0.5) is 5.69 Å². The molecular weight excluding hydrogens is 320 g/mol. The minimum atomic E-state index is -0.158. The average molecular weight is 344 g/mol. The Balaban J connectivity index is 1.62. The van der Waals surface area contributed by atoms with Crippen LogP contribution >= 0.6 is 0 Å². The van der Waals surface area contributed by atoms with Gasteiger partial charge in [-0.25, -0.2) is 0 Å². The lowest BCUT2D eigenvalue weighted by Crippen LogP contribution is -2.48. The zero-order chi connectivity index (χ0) is 17.8. The zero-order valence-corrected chi connectivity index (χ0v) is 14.7. The lowest BCUT2D eigenvalue weighted by molar-refractivity contribution is -0.113. The third kappa shape index (κ3) is 4.39. The van der Waals surface area contributed by atoms with E-state index in [1.807, 2.05) is 18.7 Å². The number of ether oxygens (including phenoxy) is 2. The summed E-state index contributed by atoms with van der Waals surface area (Å²) in [5.74, 6) is -0.169. The highest BCUT2D eigenvalue weighted by Gasteiger charge is 2.26. The summed E-state index contributed by atoms with van der Waals surface area (Å²) in [6.07, 6.45) is 3.17. The van der Waals surface area contributed by atoms with Crippen molar-refractivity contribution in [1.82, 2.24) is 4.90 Å². The van der Waals surface area contributed by atoms with Crippen molar-refractivity contribution in [2.75, 3.05) is 25.0 Å². The molecule has 2 amide bonds. The maximum absolute atomic E-state index is 12.6. The first-order valence-electron chi connectivity index (χ1n) is 8.69. The molecule has 1 aromatic rings. The molecule has 0 aromatic heterocycles. The number of carbonyl (C=O) groups excluding carboxylic acids is 2. The molecule has 0 radical (unpaired) electrons. The summed E-state index contributed by atoms with van der Waals surface area (Å²) < 4.78 is 10.9. The predicted molar refractivity (Wildman–Crippen MR) is 94.3 cm³/mol. The Bertz CT molecular complexity index is 659. The summed E-state index contributed by atoms with van der Waals surface area (Å²) in [5, 5.41) is 2.84. The van der Waals surface area contributed by atoms with Crippen LogP contribution in [0.3, 0.4) is 0 Å². The van der Waals surface area contributed by atoms with Gasteiger partial charge < -0.3 is 19.7 Å². The van der Waals surface area contributed by atoms with E-state index in [9.17, 15) is 9.59 Å². The standard InChI is InChI=1S/C19H24N2O4/c1-13-10-21(11-14(2)25-13)19(23)15-5-7-17(8-6-15)20-18(22)16-4-3-9-24-12-16/h5-8,12-14H,3-4,9-11H2,1-2H3,(H,20,22)/t13-,14-/m0/s1. The third-order valence-corrected chi connectivity index (χ3v) is 4.32.